The molecule has 1 amide bonds. The molecule has 0 aliphatic heterocycles. The largest absolute Gasteiger partial charge is 0.478 e. The minimum absolute atomic E-state index is 0.0821. The fourth-order valence-electron chi connectivity index (χ4n) is 0.935. The van der Waals surface area contributed by atoms with Crippen molar-refractivity contribution in [1.82, 2.24) is 0 Å². The summed E-state index contributed by atoms with van der Waals surface area (Å²) in [6.45, 7) is 0. The SMILES string of the molecule is NC(=O)C#Cc1cc(F)ccc1C(=O)O. The highest BCUT2D eigenvalue weighted by atomic mass is 19.1. The Bertz CT molecular complexity index is 485. The van der Waals surface area contributed by atoms with Gasteiger partial charge in [-0.25, -0.2) is 9.18 Å². The number of benzene rings is 1. The zero-order valence-corrected chi connectivity index (χ0v) is 7.45. The molecule has 4 nitrogen and oxygen atoms in total. The maximum atomic E-state index is 12.8. The summed E-state index contributed by atoms with van der Waals surface area (Å²) < 4.78 is 12.8. The number of nitrogens with two attached hydrogens (primary N) is 1. The number of carboxylic acids is 1. The Balaban J connectivity index is 3.27. The molecule has 0 spiro atoms. The summed E-state index contributed by atoms with van der Waals surface area (Å²) >= 11 is 0. The van der Waals surface area contributed by atoms with Crippen LogP contribution in [0.1, 0.15) is 15.9 Å². The predicted octanol–water partition coefficient (Wildman–Crippen LogP) is 0.361. The lowest BCUT2D eigenvalue weighted by Gasteiger charge is -1.98. The average Bonchev–Trinajstić information content (AvgIpc) is 2.14. The first kappa shape index (κ1) is 10.7. The molecule has 0 atom stereocenters. The summed E-state index contributed by atoms with van der Waals surface area (Å²) in [7, 11) is 0. The number of carbonyl (C=O) groups is 2. The molecule has 1 aromatic rings. The molecule has 0 aliphatic carbocycles. The van der Waals surface area contributed by atoms with E-state index in [0.29, 0.717) is 0 Å². The third kappa shape index (κ3) is 2.81. The fraction of sp³-hybridized carbons (Fsp3) is 0. The molecule has 0 fully saturated rings. The normalized spacial score (nSPS) is 8.87. The highest BCUT2D eigenvalue weighted by molar-refractivity contribution is 5.95. The van der Waals surface area contributed by atoms with E-state index in [2.05, 4.69) is 5.92 Å². The maximum absolute atomic E-state index is 12.8. The molecule has 0 heterocycles. The van der Waals surface area contributed by atoms with Crippen molar-refractivity contribution in [2.24, 2.45) is 5.73 Å². The third-order valence-corrected chi connectivity index (χ3v) is 1.53. The van der Waals surface area contributed by atoms with E-state index in [1.54, 1.807) is 0 Å². The van der Waals surface area contributed by atoms with Gasteiger partial charge in [0.05, 0.1) is 5.56 Å². The Morgan fingerprint density at radius 2 is 2.07 bits per heavy atom. The first-order chi connectivity index (χ1) is 7.00. The number of aromatic carboxylic acids is 1. The standard InChI is InChI=1S/C10H6FNO3/c11-7-2-3-8(10(14)15)6(5-7)1-4-9(12)13/h2-3,5H,(H2,12,13)(H,14,15). The van der Waals surface area contributed by atoms with Crippen LogP contribution in [-0.2, 0) is 4.79 Å². The number of amides is 1. The van der Waals surface area contributed by atoms with Crippen molar-refractivity contribution < 1.29 is 19.1 Å². The van der Waals surface area contributed by atoms with Crippen LogP contribution in [0, 0.1) is 17.7 Å². The predicted molar refractivity (Wildman–Crippen MR) is 49.4 cm³/mol. The first-order valence-corrected chi connectivity index (χ1v) is 3.85. The Kier molecular flexibility index (Phi) is 3.03. The van der Waals surface area contributed by atoms with Crippen LogP contribution >= 0.6 is 0 Å². The molecule has 0 radical (unpaired) electrons. The Labute approximate surface area is 84.5 Å². The lowest BCUT2D eigenvalue weighted by molar-refractivity contribution is -0.112. The van der Waals surface area contributed by atoms with Gasteiger partial charge in [-0.05, 0) is 18.2 Å². The average molecular weight is 207 g/mol. The van der Waals surface area contributed by atoms with E-state index in [0.717, 1.165) is 18.2 Å². The van der Waals surface area contributed by atoms with Crippen LogP contribution < -0.4 is 5.73 Å². The summed E-state index contributed by atoms with van der Waals surface area (Å²) in [6.07, 6.45) is 0. The van der Waals surface area contributed by atoms with E-state index in [4.69, 9.17) is 10.8 Å². The molecule has 0 aromatic heterocycles. The first-order valence-electron chi connectivity index (χ1n) is 3.85. The molecule has 3 N–H and O–H groups in total. The van der Waals surface area contributed by atoms with Gasteiger partial charge in [-0.15, -0.1) is 0 Å². The number of primary amides is 1. The number of rotatable bonds is 1. The number of hydrogen-bond acceptors (Lipinski definition) is 2. The molecule has 15 heavy (non-hydrogen) atoms. The fourth-order valence-corrected chi connectivity index (χ4v) is 0.935. The van der Waals surface area contributed by atoms with Crippen molar-refractivity contribution in [1.29, 1.82) is 0 Å². The van der Waals surface area contributed by atoms with Crippen LogP contribution in [0.15, 0.2) is 18.2 Å². The van der Waals surface area contributed by atoms with Crippen LogP contribution in [0.25, 0.3) is 0 Å². The van der Waals surface area contributed by atoms with Gasteiger partial charge >= 0.3 is 5.97 Å². The van der Waals surface area contributed by atoms with E-state index < -0.39 is 17.7 Å². The molecule has 0 bridgehead atoms. The number of carboxylic acid groups (broad SMARTS) is 1. The highest BCUT2D eigenvalue weighted by Crippen LogP contribution is 2.10. The van der Waals surface area contributed by atoms with E-state index in [9.17, 15) is 14.0 Å². The number of carbonyl (C=O) groups excluding carboxylic acids is 1. The summed E-state index contributed by atoms with van der Waals surface area (Å²) in [4.78, 5) is 21.0. The minimum atomic E-state index is -1.25. The Hall–Kier alpha value is -2.35. The second kappa shape index (κ2) is 4.24. The molecule has 0 saturated carbocycles. The van der Waals surface area contributed by atoms with Gasteiger partial charge in [-0.3, -0.25) is 4.79 Å². The Morgan fingerprint density at radius 3 is 2.60 bits per heavy atom. The van der Waals surface area contributed by atoms with Gasteiger partial charge in [0.25, 0.3) is 5.91 Å². The van der Waals surface area contributed by atoms with E-state index in [1.807, 2.05) is 5.92 Å². The minimum Gasteiger partial charge on any atom is -0.478 e. The van der Waals surface area contributed by atoms with Crippen LogP contribution in [0.4, 0.5) is 4.39 Å². The summed E-state index contributed by atoms with van der Waals surface area (Å²) in [6, 6.07) is 3.00. The zero-order valence-electron chi connectivity index (χ0n) is 7.45. The number of halogens is 1. The van der Waals surface area contributed by atoms with Gasteiger partial charge < -0.3 is 10.8 Å². The van der Waals surface area contributed by atoms with Gasteiger partial charge in [0.2, 0.25) is 0 Å². The lowest BCUT2D eigenvalue weighted by Crippen LogP contribution is -2.07. The maximum Gasteiger partial charge on any atom is 0.336 e. The highest BCUT2D eigenvalue weighted by Gasteiger charge is 2.08. The smallest absolute Gasteiger partial charge is 0.336 e. The zero-order chi connectivity index (χ0) is 11.4. The van der Waals surface area contributed by atoms with Crippen LogP contribution in [0.2, 0.25) is 0 Å². The van der Waals surface area contributed by atoms with Crippen molar-refractivity contribution in [2.75, 3.05) is 0 Å². The Morgan fingerprint density at radius 1 is 1.40 bits per heavy atom. The third-order valence-electron chi connectivity index (χ3n) is 1.53. The summed E-state index contributed by atoms with van der Waals surface area (Å²) in [5.74, 6) is 1.35. The van der Waals surface area contributed by atoms with Crippen LogP contribution in [0.5, 0.6) is 0 Å². The van der Waals surface area contributed by atoms with Crippen LogP contribution in [0.3, 0.4) is 0 Å². The van der Waals surface area contributed by atoms with Gasteiger partial charge in [0.1, 0.15) is 5.82 Å². The van der Waals surface area contributed by atoms with Crippen molar-refractivity contribution in [2.45, 2.75) is 0 Å². The van der Waals surface area contributed by atoms with Gasteiger partial charge in [-0.1, -0.05) is 5.92 Å². The molecule has 0 unspecified atom stereocenters. The molecular weight excluding hydrogens is 201 g/mol. The van der Waals surface area contributed by atoms with Crippen molar-refractivity contribution in [3.8, 4) is 11.8 Å². The molecular formula is C10H6FNO3. The van der Waals surface area contributed by atoms with E-state index in [-0.39, 0.29) is 11.1 Å². The van der Waals surface area contributed by atoms with Crippen molar-refractivity contribution in [3.05, 3.63) is 35.1 Å². The molecule has 1 aromatic carbocycles. The van der Waals surface area contributed by atoms with E-state index >= 15 is 0 Å². The van der Waals surface area contributed by atoms with Gasteiger partial charge in [-0.2, -0.15) is 0 Å². The quantitative estimate of drug-likeness (QED) is 0.652. The second-order valence-electron chi connectivity index (χ2n) is 2.61. The second-order valence-corrected chi connectivity index (χ2v) is 2.61. The van der Waals surface area contributed by atoms with Crippen LogP contribution in [-0.4, -0.2) is 17.0 Å². The monoisotopic (exact) mass is 207 g/mol. The van der Waals surface area contributed by atoms with Gasteiger partial charge in [0, 0.05) is 11.5 Å². The topological polar surface area (TPSA) is 80.4 Å². The summed E-state index contributed by atoms with van der Waals surface area (Å²) in [5, 5.41) is 8.72. The number of hydrogen-bond donors (Lipinski definition) is 2. The molecule has 0 saturated heterocycles. The van der Waals surface area contributed by atoms with Crippen molar-refractivity contribution >= 4 is 11.9 Å². The van der Waals surface area contributed by atoms with Gasteiger partial charge in [0.15, 0.2) is 0 Å². The molecule has 76 valence electrons. The molecule has 0 aliphatic rings. The molecule has 1 rings (SSSR count). The molecule has 5 heteroatoms. The van der Waals surface area contributed by atoms with Crippen molar-refractivity contribution in [3.63, 3.8) is 0 Å². The summed E-state index contributed by atoms with van der Waals surface area (Å²) in [5.41, 5.74) is 4.49. The van der Waals surface area contributed by atoms with E-state index in [1.165, 1.54) is 0 Å². The lowest BCUT2D eigenvalue weighted by atomic mass is 10.1.